The maximum absolute atomic E-state index is 14.8. The van der Waals surface area contributed by atoms with Gasteiger partial charge in [-0.05, 0) is 87.9 Å². The number of halogens is 2. The topological polar surface area (TPSA) is 182 Å². The van der Waals surface area contributed by atoms with Gasteiger partial charge >= 0.3 is 5.97 Å². The van der Waals surface area contributed by atoms with E-state index in [0.717, 1.165) is 0 Å². The minimum absolute atomic E-state index is 0.0125. The number of benzene rings is 2. The average molecular weight is 924 g/mol. The Bertz CT molecular complexity index is 2150. The van der Waals surface area contributed by atoms with Crippen LogP contribution in [0.25, 0.3) is 10.8 Å². The molecule has 302 valence electrons. The normalized spacial score (nSPS) is 22.9. The number of amides is 3. The van der Waals surface area contributed by atoms with Crippen LogP contribution in [0.5, 0.6) is 11.6 Å². The highest BCUT2D eigenvalue weighted by molar-refractivity contribution is 14.1. The Hall–Kier alpha value is -3.90. The molecule has 2 aromatic carbocycles. The lowest BCUT2D eigenvalue weighted by Crippen LogP contribution is -2.58. The Morgan fingerprint density at radius 3 is 2.25 bits per heavy atom. The molecule has 2 saturated carbocycles. The average Bonchev–Trinajstić information content (AvgIpc) is 4.03. The van der Waals surface area contributed by atoms with Crippen LogP contribution >= 0.6 is 34.2 Å². The van der Waals surface area contributed by atoms with E-state index in [-0.39, 0.29) is 29.2 Å². The van der Waals surface area contributed by atoms with Gasteiger partial charge < -0.3 is 29.7 Å². The molecule has 0 spiro atoms. The van der Waals surface area contributed by atoms with Crippen molar-refractivity contribution in [3.63, 3.8) is 0 Å². The van der Waals surface area contributed by atoms with Gasteiger partial charge in [-0.1, -0.05) is 55.0 Å². The Labute approximate surface area is 345 Å². The summed E-state index contributed by atoms with van der Waals surface area (Å²) in [5.74, 6) is -1.57. The molecule has 5 atom stereocenters. The fraction of sp³-hybridized carbons (Fsp3) is 0.513. The van der Waals surface area contributed by atoms with Gasteiger partial charge in [-0.25, -0.2) is 18.2 Å². The Morgan fingerprint density at radius 1 is 1.02 bits per heavy atom. The number of likely N-dealkylation sites (tertiary alicyclic amines) is 1. The van der Waals surface area contributed by atoms with Crippen LogP contribution in [0.3, 0.4) is 0 Å². The molecule has 14 nitrogen and oxygen atoms in total. The zero-order valence-electron chi connectivity index (χ0n) is 32.3. The van der Waals surface area contributed by atoms with Crippen molar-refractivity contribution >= 4 is 84.4 Å². The highest BCUT2D eigenvalue weighted by Gasteiger charge is 2.62. The first-order valence-corrected chi connectivity index (χ1v) is 21.5. The van der Waals surface area contributed by atoms with Gasteiger partial charge in [-0.15, -0.1) is 0 Å². The summed E-state index contributed by atoms with van der Waals surface area (Å²) in [6.07, 6.45) is 2.00. The van der Waals surface area contributed by atoms with Crippen molar-refractivity contribution in [2.45, 2.75) is 106 Å². The second-order valence-electron chi connectivity index (χ2n) is 16.6. The van der Waals surface area contributed by atoms with Crippen LogP contribution in [0.2, 0.25) is 5.02 Å². The predicted octanol–water partition coefficient (Wildman–Crippen LogP) is 5.40. The first-order chi connectivity index (χ1) is 26.1. The molecule has 3 N–H and O–H groups in total. The quantitative estimate of drug-likeness (QED) is 0.120. The summed E-state index contributed by atoms with van der Waals surface area (Å²) in [6, 6.07) is 9.82. The molecule has 3 fully saturated rings. The summed E-state index contributed by atoms with van der Waals surface area (Å²) in [7, 11) is -2.35. The number of fused-ring (bicyclic) bond motifs is 1. The first-order valence-electron chi connectivity index (χ1n) is 18.3. The molecule has 17 heteroatoms. The van der Waals surface area contributed by atoms with Crippen molar-refractivity contribution in [3.8, 4) is 11.6 Å². The zero-order chi connectivity index (χ0) is 41.0. The molecule has 1 unspecified atom stereocenters. The van der Waals surface area contributed by atoms with Crippen molar-refractivity contribution in [2.24, 2.45) is 5.41 Å². The number of anilines is 1. The second-order valence-corrected chi connectivity index (χ2v) is 20.5. The third-order valence-electron chi connectivity index (χ3n) is 9.89. The molecule has 0 bridgehead atoms. The number of nitrogens with one attached hydrogen (secondary N) is 3. The Kier molecular flexibility index (Phi) is 11.5. The molecule has 3 aromatic rings. The van der Waals surface area contributed by atoms with Crippen LogP contribution < -0.4 is 24.8 Å². The molecule has 1 saturated heterocycles. The number of sulfonamides is 1. The molecule has 3 aliphatic rings. The summed E-state index contributed by atoms with van der Waals surface area (Å²) in [5.41, 5.74) is -1.92. The summed E-state index contributed by atoms with van der Waals surface area (Å²) < 4.78 is 44.6. The molecule has 2 aliphatic carbocycles. The summed E-state index contributed by atoms with van der Waals surface area (Å²) in [6.45, 7) is 11.0. The van der Waals surface area contributed by atoms with Gasteiger partial charge in [0.2, 0.25) is 27.7 Å². The monoisotopic (exact) mass is 923 g/mol. The number of pyridine rings is 1. The van der Waals surface area contributed by atoms with E-state index < -0.39 is 73.7 Å². The number of carbonyl (C=O) groups is 4. The van der Waals surface area contributed by atoms with Crippen LogP contribution in [0.1, 0.15) is 77.6 Å². The zero-order valence-corrected chi connectivity index (χ0v) is 36.0. The number of carbonyl (C=O) groups excluding carboxylic acids is 4. The maximum atomic E-state index is 14.8. The lowest BCUT2D eigenvalue weighted by Gasteiger charge is -2.36. The highest BCUT2D eigenvalue weighted by Crippen LogP contribution is 2.45. The van der Waals surface area contributed by atoms with Gasteiger partial charge in [0.15, 0.2) is 0 Å². The van der Waals surface area contributed by atoms with Gasteiger partial charge in [0, 0.05) is 31.8 Å². The molecular formula is C39H47ClIN5O9S. The van der Waals surface area contributed by atoms with E-state index in [9.17, 15) is 27.6 Å². The number of rotatable bonds is 12. The summed E-state index contributed by atoms with van der Waals surface area (Å²) in [4.78, 5) is 61.1. The number of esters is 1. The van der Waals surface area contributed by atoms with Crippen LogP contribution in [0.4, 0.5) is 5.69 Å². The largest absolute Gasteiger partial charge is 0.494 e. The van der Waals surface area contributed by atoms with E-state index in [1.165, 1.54) is 18.2 Å². The van der Waals surface area contributed by atoms with E-state index in [2.05, 4.69) is 20.3 Å². The highest BCUT2D eigenvalue weighted by atomic mass is 127. The van der Waals surface area contributed by atoms with Gasteiger partial charge in [-0.2, -0.15) is 0 Å². The van der Waals surface area contributed by atoms with Crippen molar-refractivity contribution in [3.05, 3.63) is 59.2 Å². The molecular weight excluding hydrogens is 877 g/mol. The number of hydrogen-bond acceptors (Lipinski definition) is 11. The van der Waals surface area contributed by atoms with Crippen LogP contribution in [0, 0.1) is 5.41 Å². The fourth-order valence-corrected chi connectivity index (χ4v) is 9.27. The smallest absolute Gasteiger partial charge is 0.338 e. The van der Waals surface area contributed by atoms with Gasteiger partial charge in [0.05, 0.1) is 30.7 Å². The summed E-state index contributed by atoms with van der Waals surface area (Å²) >= 11 is 8.38. The Balaban J connectivity index is 1.29. The molecule has 3 amide bonds. The maximum Gasteiger partial charge on any atom is 0.338 e. The lowest BCUT2D eigenvalue weighted by atomic mass is 9.85. The number of hydrogen-bond donors (Lipinski definition) is 3. The molecule has 1 aromatic heterocycles. The number of methoxy groups -OCH3 is 1. The SMILES string of the molecule is COc1cnc(O[C@@H]2C[C@@H](C(=O)N[C@]3(C(=O)NS(=O)(=O)C4CC4)C[C@H]3I)N(C(=O)C(Nc3ccc(C(=O)OC(C)(C)C)cc3)C(C)(C)C)C2)c2cc(Cl)ccc12. The predicted molar refractivity (Wildman–Crippen MR) is 220 cm³/mol. The minimum atomic E-state index is -3.87. The standard InChI is InChI=1S/C39H47ClIN5O9S/c1-37(2,3)31(43-23-11-8-21(9-12-23)35(49)55-38(4,5)6)34(48)46-20-24(54-33-27-16-22(40)10-15-26(27)29(53-7)19-42-33)17-28(46)32(47)44-39(18-30(39)41)36(50)45-56(51,52)25-13-14-25/h8-12,15-16,19,24-25,28,30-31,43H,13-14,17-18,20H2,1-7H3,(H,44,47)(H,45,50)/t24-,28+,30-,31?,39-/m1/s1. The third-order valence-corrected chi connectivity index (χ3v) is 13.4. The van der Waals surface area contributed by atoms with E-state index in [1.54, 1.807) is 63.2 Å². The number of nitrogens with zero attached hydrogens (tertiary/aromatic N) is 2. The van der Waals surface area contributed by atoms with Crippen LogP contribution in [-0.4, -0.2) is 94.1 Å². The van der Waals surface area contributed by atoms with Crippen LogP contribution in [-0.2, 0) is 29.1 Å². The van der Waals surface area contributed by atoms with Crippen LogP contribution in [0.15, 0.2) is 48.7 Å². The van der Waals surface area contributed by atoms with Gasteiger partial charge in [0.25, 0.3) is 5.91 Å². The van der Waals surface area contributed by atoms with Crippen molar-refractivity contribution in [1.82, 2.24) is 19.9 Å². The van der Waals surface area contributed by atoms with Crippen molar-refractivity contribution in [2.75, 3.05) is 19.0 Å². The number of ether oxygens (including phenoxy) is 3. The molecule has 0 radical (unpaired) electrons. The van der Waals surface area contributed by atoms with Gasteiger partial charge in [0.1, 0.15) is 35.1 Å². The minimum Gasteiger partial charge on any atom is -0.494 e. The molecule has 56 heavy (non-hydrogen) atoms. The van der Waals surface area contributed by atoms with E-state index >= 15 is 0 Å². The second kappa shape index (κ2) is 15.5. The molecule has 6 rings (SSSR count). The number of alkyl halides is 1. The van der Waals surface area contributed by atoms with E-state index in [1.807, 2.05) is 43.4 Å². The van der Waals surface area contributed by atoms with Gasteiger partial charge in [-0.3, -0.25) is 19.1 Å². The van der Waals surface area contributed by atoms with Crippen molar-refractivity contribution in [1.29, 1.82) is 0 Å². The van der Waals surface area contributed by atoms with E-state index in [0.29, 0.717) is 45.6 Å². The number of aromatic nitrogens is 1. The molecule has 2 heterocycles. The summed E-state index contributed by atoms with van der Waals surface area (Å²) in [5, 5.41) is 7.25. The van der Waals surface area contributed by atoms with E-state index in [4.69, 9.17) is 25.8 Å². The first kappa shape index (κ1) is 41.7. The Morgan fingerprint density at radius 2 is 1.68 bits per heavy atom. The third kappa shape index (κ3) is 9.12. The fourth-order valence-electron chi connectivity index (χ4n) is 6.60. The molecule has 1 aliphatic heterocycles. The lowest BCUT2D eigenvalue weighted by molar-refractivity contribution is -0.141. The van der Waals surface area contributed by atoms with Crippen molar-refractivity contribution < 1.29 is 41.8 Å².